The number of aromatic nitrogens is 2. The highest BCUT2D eigenvalue weighted by Crippen LogP contribution is 2.31. The number of aromatic hydroxyl groups is 1. The Morgan fingerprint density at radius 1 is 1.50 bits per heavy atom. The van der Waals surface area contributed by atoms with E-state index >= 15 is 0 Å². The number of likely N-dealkylation sites (tertiary alicyclic amines) is 1. The van der Waals surface area contributed by atoms with E-state index in [2.05, 4.69) is 16.8 Å². The first-order chi connectivity index (χ1) is 8.72. The predicted molar refractivity (Wildman–Crippen MR) is 69.7 cm³/mol. The van der Waals surface area contributed by atoms with Crippen LogP contribution in [0.3, 0.4) is 0 Å². The van der Waals surface area contributed by atoms with Gasteiger partial charge in [-0.15, -0.1) is 0 Å². The lowest BCUT2D eigenvalue weighted by Gasteiger charge is -2.23. The van der Waals surface area contributed by atoms with Crippen molar-refractivity contribution in [2.75, 3.05) is 13.1 Å². The van der Waals surface area contributed by atoms with Gasteiger partial charge in [-0.1, -0.05) is 13.0 Å². The number of H-pyrrole nitrogens is 1. The van der Waals surface area contributed by atoms with E-state index in [1.165, 1.54) is 0 Å². The van der Waals surface area contributed by atoms with Crippen LogP contribution < -0.4 is 5.69 Å². The highest BCUT2D eigenvalue weighted by atomic mass is 16.3. The summed E-state index contributed by atoms with van der Waals surface area (Å²) in [5.74, 6) is 0.161. The second kappa shape index (κ2) is 4.17. The van der Waals surface area contributed by atoms with Crippen molar-refractivity contribution in [2.24, 2.45) is 0 Å². The minimum atomic E-state index is -0.142. The Kier molecular flexibility index (Phi) is 2.63. The molecule has 1 aliphatic rings. The second-order valence-electron chi connectivity index (χ2n) is 4.72. The quantitative estimate of drug-likeness (QED) is 0.848. The summed E-state index contributed by atoms with van der Waals surface area (Å²) in [5, 5.41) is 9.99. The number of phenolic OH excluding ortho intramolecular Hbond substituents is 1. The molecule has 1 aliphatic heterocycles. The summed E-state index contributed by atoms with van der Waals surface area (Å²) in [6, 6.07) is 5.18. The first-order valence-corrected chi connectivity index (χ1v) is 6.38. The van der Waals surface area contributed by atoms with Gasteiger partial charge in [-0.2, -0.15) is 0 Å². The molecule has 1 fully saturated rings. The fourth-order valence-corrected chi connectivity index (χ4v) is 2.92. The van der Waals surface area contributed by atoms with E-state index < -0.39 is 0 Å². The maximum absolute atomic E-state index is 12.1. The summed E-state index contributed by atoms with van der Waals surface area (Å²) < 4.78 is 1.70. The molecule has 1 unspecified atom stereocenters. The monoisotopic (exact) mass is 247 g/mol. The summed E-state index contributed by atoms with van der Waals surface area (Å²) in [4.78, 5) is 17.2. The molecule has 2 heterocycles. The molecular formula is C13H17N3O2. The van der Waals surface area contributed by atoms with Gasteiger partial charge in [0, 0.05) is 6.54 Å². The van der Waals surface area contributed by atoms with Gasteiger partial charge in [0.25, 0.3) is 0 Å². The Labute approximate surface area is 105 Å². The molecule has 0 radical (unpaired) electrons. The third-order valence-corrected chi connectivity index (χ3v) is 3.75. The summed E-state index contributed by atoms with van der Waals surface area (Å²) >= 11 is 0. The van der Waals surface area contributed by atoms with Crippen molar-refractivity contribution in [3.05, 3.63) is 28.7 Å². The van der Waals surface area contributed by atoms with Crippen molar-refractivity contribution in [1.82, 2.24) is 14.5 Å². The molecule has 96 valence electrons. The van der Waals surface area contributed by atoms with Gasteiger partial charge in [0.1, 0.15) is 11.3 Å². The molecular weight excluding hydrogens is 230 g/mol. The molecule has 1 aromatic carbocycles. The minimum Gasteiger partial charge on any atom is -0.506 e. The van der Waals surface area contributed by atoms with Crippen LogP contribution in [0.25, 0.3) is 11.0 Å². The molecule has 5 nitrogen and oxygen atoms in total. The molecule has 3 rings (SSSR count). The van der Waals surface area contributed by atoms with E-state index in [9.17, 15) is 9.90 Å². The number of hydrogen-bond acceptors (Lipinski definition) is 3. The van der Waals surface area contributed by atoms with Crippen LogP contribution in [0.2, 0.25) is 0 Å². The van der Waals surface area contributed by atoms with Crippen molar-refractivity contribution < 1.29 is 5.11 Å². The van der Waals surface area contributed by atoms with Crippen molar-refractivity contribution in [3.8, 4) is 5.75 Å². The first-order valence-electron chi connectivity index (χ1n) is 6.38. The topological polar surface area (TPSA) is 61.3 Å². The molecule has 1 aromatic heterocycles. The third-order valence-electron chi connectivity index (χ3n) is 3.75. The van der Waals surface area contributed by atoms with Crippen LogP contribution >= 0.6 is 0 Å². The Balaban J connectivity index is 2.22. The molecule has 0 saturated carbocycles. The maximum atomic E-state index is 12.1. The molecule has 1 saturated heterocycles. The van der Waals surface area contributed by atoms with E-state index in [1.807, 2.05) is 6.07 Å². The predicted octanol–water partition coefficient (Wildman–Crippen LogP) is 1.65. The van der Waals surface area contributed by atoms with Crippen molar-refractivity contribution >= 4 is 11.0 Å². The third kappa shape index (κ3) is 1.54. The number of phenols is 1. The van der Waals surface area contributed by atoms with Gasteiger partial charge < -0.3 is 10.1 Å². The van der Waals surface area contributed by atoms with Gasteiger partial charge in [0.2, 0.25) is 0 Å². The molecule has 5 heteroatoms. The SMILES string of the molecule is CCN1CCCC1n1c(=O)[nH]c2cccc(O)c21. The lowest BCUT2D eigenvalue weighted by Crippen LogP contribution is -2.32. The lowest BCUT2D eigenvalue weighted by atomic mass is 10.2. The number of para-hydroxylation sites is 1. The van der Waals surface area contributed by atoms with Crippen LogP contribution in [-0.4, -0.2) is 32.6 Å². The van der Waals surface area contributed by atoms with Crippen LogP contribution in [0.5, 0.6) is 5.75 Å². The van der Waals surface area contributed by atoms with Gasteiger partial charge in [0.15, 0.2) is 0 Å². The average molecular weight is 247 g/mol. The number of benzene rings is 1. The lowest BCUT2D eigenvalue weighted by molar-refractivity contribution is 0.203. The standard InChI is InChI=1S/C13H17N3O2/c1-2-15-8-4-7-11(15)16-12-9(14-13(16)18)5-3-6-10(12)17/h3,5-6,11,17H,2,4,7-8H2,1H3,(H,14,18). The van der Waals surface area contributed by atoms with Crippen molar-refractivity contribution in [3.63, 3.8) is 0 Å². The molecule has 0 spiro atoms. The second-order valence-corrected chi connectivity index (χ2v) is 4.72. The fraction of sp³-hybridized carbons (Fsp3) is 0.462. The maximum Gasteiger partial charge on any atom is 0.327 e. The van der Waals surface area contributed by atoms with Crippen LogP contribution in [0.4, 0.5) is 0 Å². The number of rotatable bonds is 2. The zero-order valence-corrected chi connectivity index (χ0v) is 10.4. The zero-order chi connectivity index (χ0) is 12.7. The summed E-state index contributed by atoms with van der Waals surface area (Å²) in [7, 11) is 0. The van der Waals surface area contributed by atoms with Crippen LogP contribution in [0.15, 0.2) is 23.0 Å². The summed E-state index contributed by atoms with van der Waals surface area (Å²) in [6.45, 7) is 4.02. The average Bonchev–Trinajstić information content (AvgIpc) is 2.92. The van der Waals surface area contributed by atoms with Crippen LogP contribution in [0.1, 0.15) is 25.9 Å². The van der Waals surface area contributed by atoms with E-state index in [4.69, 9.17) is 0 Å². The molecule has 0 amide bonds. The van der Waals surface area contributed by atoms with Gasteiger partial charge >= 0.3 is 5.69 Å². The number of fused-ring (bicyclic) bond motifs is 1. The molecule has 2 aromatic rings. The van der Waals surface area contributed by atoms with Gasteiger partial charge in [-0.25, -0.2) is 4.79 Å². The normalized spacial score (nSPS) is 20.8. The van der Waals surface area contributed by atoms with E-state index in [0.29, 0.717) is 11.0 Å². The highest BCUT2D eigenvalue weighted by Gasteiger charge is 2.28. The van der Waals surface area contributed by atoms with Crippen molar-refractivity contribution in [2.45, 2.75) is 25.9 Å². The number of hydrogen-bond donors (Lipinski definition) is 2. The summed E-state index contributed by atoms with van der Waals surface area (Å²) in [5.41, 5.74) is 1.17. The Morgan fingerprint density at radius 3 is 3.11 bits per heavy atom. The van der Waals surface area contributed by atoms with E-state index in [1.54, 1.807) is 16.7 Å². The van der Waals surface area contributed by atoms with Crippen molar-refractivity contribution in [1.29, 1.82) is 0 Å². The number of aromatic amines is 1. The van der Waals surface area contributed by atoms with Gasteiger partial charge in [-0.3, -0.25) is 9.47 Å². The number of nitrogens with zero attached hydrogens (tertiary/aromatic N) is 2. The number of nitrogens with one attached hydrogen (secondary N) is 1. The zero-order valence-electron chi connectivity index (χ0n) is 10.4. The fourth-order valence-electron chi connectivity index (χ4n) is 2.92. The molecule has 2 N–H and O–H groups in total. The van der Waals surface area contributed by atoms with E-state index in [0.717, 1.165) is 25.9 Å². The molecule has 0 bridgehead atoms. The van der Waals surface area contributed by atoms with Gasteiger partial charge in [0.05, 0.1) is 11.7 Å². The largest absolute Gasteiger partial charge is 0.506 e. The van der Waals surface area contributed by atoms with Gasteiger partial charge in [-0.05, 0) is 31.5 Å². The molecule has 1 atom stereocenters. The highest BCUT2D eigenvalue weighted by molar-refractivity contribution is 5.81. The smallest absolute Gasteiger partial charge is 0.327 e. The number of imidazole rings is 1. The molecule has 18 heavy (non-hydrogen) atoms. The first kappa shape index (κ1) is 11.3. The Morgan fingerprint density at radius 2 is 2.33 bits per heavy atom. The van der Waals surface area contributed by atoms with E-state index in [-0.39, 0.29) is 17.6 Å². The van der Waals surface area contributed by atoms with Crippen LogP contribution in [0, 0.1) is 0 Å². The Bertz CT molecular complexity index is 629. The minimum absolute atomic E-state index is 0.0598. The Hall–Kier alpha value is -1.75. The van der Waals surface area contributed by atoms with Crippen LogP contribution in [-0.2, 0) is 0 Å². The summed E-state index contributed by atoms with van der Waals surface area (Å²) in [6.07, 6.45) is 2.10. The molecule has 0 aliphatic carbocycles.